The van der Waals surface area contributed by atoms with Crippen LogP contribution in [0.5, 0.6) is 23.0 Å². The van der Waals surface area contributed by atoms with E-state index in [1.165, 1.54) is 78.0 Å². The molecule has 3 amide bonds. The SMILES string of the molecule is CC(C)C[C@H](NC(=O)[C@H](Cc1ccccc1)NC(=O)c1cnccn1)B(O)O.CO[C@H]1/C=C/O[C@@]2(C)Oc3c(C)c(O)c4c(O)c(c(/C=N/N5CCN(C)CC5)c(O)c4c3C2=O)NC(=O)/C(C)=C\C=C\[C@H](C)[C@H](O)[C@@H](C)[C@@H](O)[C@@H](C)[C@H](OC(C)=O)[C@@H]1C. The van der Waals surface area contributed by atoms with Gasteiger partial charge in [-0.25, -0.2) is 4.98 Å². The molecule has 0 aliphatic carbocycles. The molecule has 4 aliphatic heterocycles. The van der Waals surface area contributed by atoms with Gasteiger partial charge in [-0.05, 0) is 44.9 Å². The smallest absolute Gasteiger partial charge is 0.475 e. The molecule has 1 aromatic heterocycles. The molecule has 0 saturated carbocycles. The van der Waals surface area contributed by atoms with Gasteiger partial charge in [-0.2, -0.15) is 5.10 Å². The zero-order valence-electron chi connectivity index (χ0n) is 51.3. The molecule has 8 rings (SSSR count). The van der Waals surface area contributed by atoms with Gasteiger partial charge >= 0.3 is 18.9 Å². The number of anilines is 1. The van der Waals surface area contributed by atoms with E-state index < -0.39 is 120 Å². The number of phenols is 3. The van der Waals surface area contributed by atoms with Crippen molar-refractivity contribution in [2.45, 2.75) is 124 Å². The number of nitrogens with zero attached hydrogens (tertiary/aromatic N) is 5. The Morgan fingerprint density at radius 2 is 1.60 bits per heavy atom. The second-order valence-corrected chi connectivity index (χ2v) is 23.1. The first-order valence-corrected chi connectivity index (χ1v) is 28.9. The molecule has 5 bridgehead atoms. The number of carbonyl (C=O) groups excluding carboxylic acids is 5. The van der Waals surface area contributed by atoms with Crippen LogP contribution in [0.4, 0.5) is 5.69 Å². The van der Waals surface area contributed by atoms with Gasteiger partial charge in [0.2, 0.25) is 5.91 Å². The Bertz CT molecular complexity index is 3210. The summed E-state index contributed by atoms with van der Waals surface area (Å²) in [5.74, 6) is -10.1. The quantitative estimate of drug-likeness (QED) is 0.0285. The third-order valence-electron chi connectivity index (χ3n) is 16.0. The number of rotatable bonds is 13. The van der Waals surface area contributed by atoms with Crippen LogP contribution in [0.3, 0.4) is 0 Å². The van der Waals surface area contributed by atoms with Gasteiger partial charge in [-0.3, -0.25) is 34.0 Å². The summed E-state index contributed by atoms with van der Waals surface area (Å²) >= 11 is 0. The Kier molecular flexibility index (Phi) is 23.6. The Hall–Kier alpha value is -7.94. The van der Waals surface area contributed by atoms with Gasteiger partial charge in [-0.1, -0.05) is 90.1 Å². The van der Waals surface area contributed by atoms with Crippen molar-refractivity contribution >= 4 is 59.3 Å². The summed E-state index contributed by atoms with van der Waals surface area (Å²) in [6.07, 6.45) is 9.64. The molecule has 5 heterocycles. The summed E-state index contributed by atoms with van der Waals surface area (Å²) in [5, 5.41) is 91.3. The predicted molar refractivity (Wildman–Crippen MR) is 325 cm³/mol. The van der Waals surface area contributed by atoms with Crippen LogP contribution in [0.15, 0.2) is 90.2 Å². The number of aromatic nitrogens is 2. The lowest BCUT2D eigenvalue weighted by Gasteiger charge is -2.38. The van der Waals surface area contributed by atoms with E-state index in [4.69, 9.17) is 18.9 Å². The molecular weight excluding hydrogens is 1120 g/mol. The lowest BCUT2D eigenvalue weighted by atomic mass is 9.75. The Morgan fingerprint density at radius 1 is 0.920 bits per heavy atom. The maximum Gasteiger partial charge on any atom is 0.475 e. The standard InChI is InChI=1S/C43H58N4O12.C19H25BN4O4/c1-21-12-11-13-22(2)42(55)45-33-28(20-44-47-17-15-46(9)16-18-47)37(52)30-31(38(33)53)36(51)26(6)40-32(30)41(54)43(8,59-40)57-19-14-29(56-10)23(3)39(58-27(7)48)25(5)35(50)24(4)34(21)49;1-13(2)10-17(20(27)28)24-18(25)15(11-14-6-4-3-5-7-14)23-19(26)16-12-21-8-9-22-16/h11-14,19-21,23-25,29,34-35,39,49-53H,15-18H2,1-10H3,(H,45,55);3-9,12-13,15,17,27-28H,10-11H2,1-2H3,(H,23,26)(H,24,25)/b12-11+,19-14+,22-13-,44-20+;/t21-,23+,24+,25+,29-,34-,35+,39+,43-;15-,17-/m00/s1. The van der Waals surface area contributed by atoms with Crippen LogP contribution in [-0.4, -0.2) is 181 Å². The number of ketones is 1. The van der Waals surface area contributed by atoms with Crippen LogP contribution < -0.4 is 20.7 Å². The minimum Gasteiger partial charge on any atom is -0.507 e. The molecule has 11 atom stereocenters. The van der Waals surface area contributed by atoms with Crippen molar-refractivity contribution in [3.63, 3.8) is 0 Å². The van der Waals surface area contributed by atoms with E-state index in [1.54, 1.807) is 44.9 Å². The highest BCUT2D eigenvalue weighted by Gasteiger charge is 2.50. The lowest BCUT2D eigenvalue weighted by molar-refractivity contribution is -0.160. The van der Waals surface area contributed by atoms with E-state index in [2.05, 4.69) is 35.9 Å². The van der Waals surface area contributed by atoms with Gasteiger partial charge in [0.1, 0.15) is 35.1 Å². The minimum atomic E-state index is -2.04. The fourth-order valence-electron chi connectivity index (χ4n) is 10.7. The number of hydrazone groups is 1. The number of phenolic OH excluding ortho intramolecular Hbond substituents is 3. The highest BCUT2D eigenvalue weighted by Crippen LogP contribution is 2.55. The van der Waals surface area contributed by atoms with E-state index >= 15 is 0 Å². The minimum absolute atomic E-state index is 0.0559. The molecule has 0 radical (unpaired) electrons. The average molecular weight is 1210 g/mol. The summed E-state index contributed by atoms with van der Waals surface area (Å²) in [4.78, 5) is 75.7. The van der Waals surface area contributed by atoms with Crippen LogP contribution in [-0.2, 0) is 35.0 Å². The number of nitrogens with one attached hydrogen (secondary N) is 3. The van der Waals surface area contributed by atoms with Crippen molar-refractivity contribution in [3.05, 3.63) is 113 Å². The number of carbonyl (C=O) groups is 5. The second kappa shape index (κ2) is 30.1. The number of hydrogen-bond acceptors (Lipinski definition) is 21. The number of hydrogen-bond donors (Lipinski definition) is 10. The Labute approximate surface area is 507 Å². The van der Waals surface area contributed by atoms with Crippen molar-refractivity contribution < 1.29 is 78.5 Å². The third-order valence-corrected chi connectivity index (χ3v) is 16.0. The molecule has 4 aromatic rings. The molecule has 4 aliphatic rings. The van der Waals surface area contributed by atoms with Gasteiger partial charge in [0.15, 0.2) is 5.75 Å². The highest BCUT2D eigenvalue weighted by atomic mass is 16.7. The number of piperazine rings is 1. The third kappa shape index (κ3) is 16.6. The van der Waals surface area contributed by atoms with Crippen LogP contribution in [0.2, 0.25) is 0 Å². The molecule has 24 nitrogen and oxygen atoms in total. The summed E-state index contributed by atoms with van der Waals surface area (Å²) < 4.78 is 23.6. The van der Waals surface area contributed by atoms with Crippen LogP contribution in [0.1, 0.15) is 106 Å². The predicted octanol–water partition coefficient (Wildman–Crippen LogP) is 4.70. The number of amides is 3. The number of allylic oxidation sites excluding steroid dienone is 2. The van der Waals surface area contributed by atoms with Gasteiger partial charge < -0.3 is 75.4 Å². The van der Waals surface area contributed by atoms with Gasteiger partial charge in [-0.15, -0.1) is 0 Å². The van der Waals surface area contributed by atoms with Gasteiger partial charge in [0.25, 0.3) is 17.6 Å². The number of methoxy groups -OCH3 is 1. The van der Waals surface area contributed by atoms with Crippen molar-refractivity contribution in [1.82, 2.24) is 30.5 Å². The highest BCUT2D eigenvalue weighted by molar-refractivity contribution is 6.43. The number of benzene rings is 3. The Morgan fingerprint density at radius 3 is 2.21 bits per heavy atom. The zero-order valence-corrected chi connectivity index (χ0v) is 51.3. The van der Waals surface area contributed by atoms with Crippen molar-refractivity contribution in [2.75, 3.05) is 45.7 Å². The summed E-state index contributed by atoms with van der Waals surface area (Å²) in [6.45, 7) is 18.9. The fraction of sp³-hybridized carbons (Fsp3) is 0.484. The van der Waals surface area contributed by atoms with Crippen LogP contribution >= 0.6 is 0 Å². The zero-order chi connectivity index (χ0) is 64.2. The van der Waals surface area contributed by atoms with E-state index in [0.717, 1.165) is 18.7 Å². The number of Topliss-reactive ketones (excluding diaryl/α,β-unsaturated/α-hetero) is 1. The van der Waals surface area contributed by atoms with Crippen LogP contribution in [0.25, 0.3) is 10.8 Å². The average Bonchev–Trinajstić information content (AvgIpc) is 1.70. The van der Waals surface area contributed by atoms with E-state index in [0.29, 0.717) is 19.5 Å². The number of aliphatic hydroxyl groups is 2. The normalized spacial score (nSPS) is 25.9. The number of fused-ring (bicyclic) bond motifs is 14. The first-order valence-electron chi connectivity index (χ1n) is 28.9. The molecule has 0 unspecified atom stereocenters. The number of aliphatic hydroxyl groups excluding tert-OH is 2. The molecule has 3 aromatic carbocycles. The van der Waals surface area contributed by atoms with Crippen molar-refractivity contribution in [2.24, 2.45) is 34.7 Å². The molecule has 87 heavy (non-hydrogen) atoms. The monoisotopic (exact) mass is 1210 g/mol. The molecule has 10 N–H and O–H groups in total. The number of esters is 1. The maximum atomic E-state index is 14.4. The first kappa shape index (κ1) is 68.2. The molecule has 0 spiro atoms. The number of likely N-dealkylation sites (N-methyl/N-ethyl adjacent to an activating group) is 1. The van der Waals surface area contributed by atoms with Crippen LogP contribution in [0, 0.1) is 36.5 Å². The number of aromatic hydroxyl groups is 3. The second-order valence-electron chi connectivity index (χ2n) is 23.1. The maximum absolute atomic E-state index is 14.4. The van der Waals surface area contributed by atoms with Gasteiger partial charge in [0, 0.05) is 106 Å². The summed E-state index contributed by atoms with van der Waals surface area (Å²) in [7, 11) is 1.73. The topological polar surface area (TPSA) is 345 Å². The lowest BCUT2D eigenvalue weighted by Crippen LogP contribution is -2.55. The van der Waals surface area contributed by atoms with Crippen molar-refractivity contribution in [3.8, 4) is 23.0 Å². The molecule has 470 valence electrons. The molecule has 1 saturated heterocycles. The largest absolute Gasteiger partial charge is 0.507 e. The van der Waals surface area contributed by atoms with E-state index in [1.807, 2.05) is 51.2 Å². The number of ether oxygens (including phenoxy) is 4. The molecular formula is C62H83BN8O16. The molecule has 1 fully saturated rings. The van der Waals surface area contributed by atoms with E-state index in [9.17, 15) is 59.6 Å². The van der Waals surface area contributed by atoms with E-state index in [-0.39, 0.29) is 62.5 Å². The molecule has 25 heteroatoms. The first-order chi connectivity index (χ1) is 41.1. The Balaban J connectivity index is 0.000000360. The van der Waals surface area contributed by atoms with Crippen molar-refractivity contribution in [1.29, 1.82) is 0 Å². The summed E-state index contributed by atoms with van der Waals surface area (Å²) in [5.41, 5.74) is 0.596. The summed E-state index contributed by atoms with van der Waals surface area (Å²) in [6, 6.07) is 8.33. The van der Waals surface area contributed by atoms with Gasteiger partial charge in [0.05, 0.1) is 65.1 Å². The fourth-order valence-corrected chi connectivity index (χ4v) is 10.7.